The van der Waals surface area contributed by atoms with E-state index >= 15 is 0 Å². The van der Waals surface area contributed by atoms with Gasteiger partial charge in [0, 0.05) is 80.3 Å². The Morgan fingerprint density at radius 2 is 1.70 bits per heavy atom. The fraction of sp³-hybridized carbons (Fsp3) is 0.400. The van der Waals surface area contributed by atoms with E-state index in [1.807, 2.05) is 29.2 Å². The number of benzene rings is 2. The molecule has 0 bridgehead atoms. The number of urea groups is 1. The summed E-state index contributed by atoms with van der Waals surface area (Å²) in [6, 6.07) is 10.3. The fourth-order valence-corrected chi connectivity index (χ4v) is 8.24. The van der Waals surface area contributed by atoms with E-state index in [2.05, 4.69) is 30.4 Å². The predicted octanol–water partition coefficient (Wildman–Crippen LogP) is 6.27. The van der Waals surface area contributed by atoms with Crippen molar-refractivity contribution in [3.63, 3.8) is 0 Å². The minimum atomic E-state index is -4.67. The summed E-state index contributed by atoms with van der Waals surface area (Å²) in [6.45, 7) is 4.67. The van der Waals surface area contributed by atoms with Gasteiger partial charge in [-0.1, -0.05) is 6.07 Å². The Bertz CT molecular complexity index is 2340. The number of alkyl halides is 3. The quantitative estimate of drug-likeness (QED) is 0.175. The molecule has 0 unspecified atom stereocenters. The third-order valence-corrected chi connectivity index (χ3v) is 11.2. The van der Waals surface area contributed by atoms with Gasteiger partial charge in [-0.15, -0.1) is 0 Å². The number of nitrogens with one attached hydrogen (secondary N) is 2. The number of amides is 4. The predicted molar refractivity (Wildman–Crippen MR) is 207 cm³/mol. The van der Waals surface area contributed by atoms with Crippen molar-refractivity contribution in [1.82, 2.24) is 30.0 Å². The summed E-state index contributed by atoms with van der Waals surface area (Å²) in [5.41, 5.74) is 1.10. The first-order chi connectivity index (χ1) is 27.5. The Labute approximate surface area is 325 Å². The maximum absolute atomic E-state index is 13.2. The molecule has 17 heteroatoms. The first kappa shape index (κ1) is 37.9. The number of carbonyl (C=O) groups excluding carboxylic acids is 3. The van der Waals surface area contributed by atoms with Crippen molar-refractivity contribution in [1.29, 1.82) is 0 Å². The number of rotatable bonds is 9. The SMILES string of the molecule is COc1cc2nn(C3CCC(CN4CCN(c5c(OC)ccc6c(N7CCC(=O)NC7=O)cncc56)CC4)CC3)cc2cc1NC(=O)c1cccc(C(F)(F)F)n1. The summed E-state index contributed by atoms with van der Waals surface area (Å²) < 4.78 is 52.8. The van der Waals surface area contributed by atoms with Crippen LogP contribution < -0.4 is 29.9 Å². The lowest BCUT2D eigenvalue weighted by Gasteiger charge is -2.39. The van der Waals surface area contributed by atoms with E-state index < -0.39 is 23.8 Å². The van der Waals surface area contributed by atoms with Gasteiger partial charge in [-0.05, 0) is 61.9 Å². The summed E-state index contributed by atoms with van der Waals surface area (Å²) in [6.07, 6.45) is 5.01. The topological polar surface area (TPSA) is 147 Å². The maximum Gasteiger partial charge on any atom is 0.433 e. The molecule has 0 radical (unpaired) electrons. The number of hydrogen-bond donors (Lipinski definition) is 2. The van der Waals surface area contributed by atoms with Gasteiger partial charge in [0.25, 0.3) is 5.91 Å². The van der Waals surface area contributed by atoms with Gasteiger partial charge in [0.2, 0.25) is 5.91 Å². The smallest absolute Gasteiger partial charge is 0.433 e. The Hall–Kier alpha value is -5.97. The van der Waals surface area contributed by atoms with Gasteiger partial charge in [0.15, 0.2) is 0 Å². The first-order valence-corrected chi connectivity index (χ1v) is 18.9. The van der Waals surface area contributed by atoms with Gasteiger partial charge in [-0.2, -0.15) is 18.3 Å². The molecule has 2 saturated heterocycles. The number of halogens is 3. The van der Waals surface area contributed by atoms with E-state index in [1.54, 1.807) is 30.3 Å². The largest absolute Gasteiger partial charge is 0.495 e. The van der Waals surface area contributed by atoms with Crippen LogP contribution in [-0.4, -0.2) is 96.0 Å². The van der Waals surface area contributed by atoms with E-state index in [-0.39, 0.29) is 24.1 Å². The van der Waals surface area contributed by atoms with Crippen molar-refractivity contribution >= 4 is 56.6 Å². The van der Waals surface area contributed by atoms with Gasteiger partial charge in [-0.25, -0.2) is 9.78 Å². The molecule has 2 aromatic carbocycles. The van der Waals surface area contributed by atoms with Crippen LogP contribution >= 0.6 is 0 Å². The Morgan fingerprint density at radius 1 is 0.930 bits per heavy atom. The van der Waals surface area contributed by atoms with Crippen LogP contribution in [0, 0.1) is 5.92 Å². The zero-order valence-electron chi connectivity index (χ0n) is 31.5. The standard InChI is InChI=1S/C40H42F3N9O5/c1-56-33-11-10-27-28(20-44-21-32(27)51-13-12-36(53)47-39(51)55)37(33)50-16-14-49(15-17-50)22-24-6-8-26(9-7-24)52-23-25-18-31(34(57-2)19-30(25)48-52)46-38(54)29-4-3-5-35(45-29)40(41,42)43/h3-5,10-11,18-21,23-24,26H,6-9,12-17,22H2,1-2H3,(H,46,54)(H,47,53,55). The summed E-state index contributed by atoms with van der Waals surface area (Å²) in [5.74, 6) is 0.557. The molecular formula is C40H42F3N9O5. The number of anilines is 3. The molecule has 3 aliphatic rings. The highest BCUT2D eigenvalue weighted by Gasteiger charge is 2.33. The molecule has 4 amide bonds. The monoisotopic (exact) mass is 785 g/mol. The maximum atomic E-state index is 13.2. The third-order valence-electron chi connectivity index (χ3n) is 11.2. The lowest BCUT2D eigenvalue weighted by molar-refractivity contribution is -0.141. The molecular weight excluding hydrogens is 743 g/mol. The lowest BCUT2D eigenvalue weighted by Crippen LogP contribution is -2.49. The molecule has 5 heterocycles. The van der Waals surface area contributed by atoms with Gasteiger partial charge >= 0.3 is 12.2 Å². The summed E-state index contributed by atoms with van der Waals surface area (Å²) in [4.78, 5) is 51.8. The average molecular weight is 786 g/mol. The number of imide groups is 1. The second-order valence-corrected chi connectivity index (χ2v) is 14.7. The number of piperazine rings is 1. The number of carbonyl (C=O) groups is 3. The second kappa shape index (κ2) is 15.5. The van der Waals surface area contributed by atoms with Crippen LogP contribution in [-0.2, 0) is 11.0 Å². The Kier molecular flexibility index (Phi) is 10.3. The van der Waals surface area contributed by atoms with Crippen LogP contribution in [0.15, 0.2) is 61.1 Å². The van der Waals surface area contributed by atoms with Crippen LogP contribution in [0.1, 0.15) is 54.3 Å². The first-order valence-electron chi connectivity index (χ1n) is 18.9. The number of methoxy groups -OCH3 is 2. The number of nitrogens with zero attached hydrogens (tertiary/aromatic N) is 7. The molecule has 3 fully saturated rings. The van der Waals surface area contributed by atoms with Crippen molar-refractivity contribution in [2.24, 2.45) is 5.92 Å². The van der Waals surface area contributed by atoms with Crippen LogP contribution in [0.2, 0.25) is 0 Å². The van der Waals surface area contributed by atoms with Gasteiger partial charge in [-0.3, -0.25) is 34.4 Å². The minimum Gasteiger partial charge on any atom is -0.495 e. The highest BCUT2D eigenvalue weighted by Crippen LogP contribution is 2.41. The molecule has 1 saturated carbocycles. The summed E-state index contributed by atoms with van der Waals surface area (Å²) in [5, 5.41) is 12.4. The van der Waals surface area contributed by atoms with E-state index in [0.29, 0.717) is 35.1 Å². The van der Waals surface area contributed by atoms with Crippen molar-refractivity contribution in [3.05, 3.63) is 72.4 Å². The van der Waals surface area contributed by atoms with Gasteiger partial charge < -0.3 is 19.7 Å². The van der Waals surface area contributed by atoms with Gasteiger partial charge in [0.05, 0.1) is 49.0 Å². The van der Waals surface area contributed by atoms with Crippen LogP contribution in [0.5, 0.6) is 11.5 Å². The average Bonchev–Trinajstić information content (AvgIpc) is 3.63. The van der Waals surface area contributed by atoms with Gasteiger partial charge in [0.1, 0.15) is 22.9 Å². The molecule has 57 heavy (non-hydrogen) atoms. The highest BCUT2D eigenvalue weighted by molar-refractivity contribution is 6.12. The molecule has 3 aromatic heterocycles. The van der Waals surface area contributed by atoms with Crippen LogP contribution in [0.25, 0.3) is 21.7 Å². The normalized spacial score (nSPS) is 19.5. The fourth-order valence-electron chi connectivity index (χ4n) is 8.24. The van der Waals surface area contributed by atoms with Crippen molar-refractivity contribution in [2.75, 3.05) is 68.6 Å². The minimum absolute atomic E-state index is 0.206. The zero-order chi connectivity index (χ0) is 39.8. The third kappa shape index (κ3) is 7.75. The van der Waals surface area contributed by atoms with Crippen molar-refractivity contribution < 1.29 is 37.0 Å². The number of fused-ring (bicyclic) bond motifs is 2. The van der Waals surface area contributed by atoms with Crippen LogP contribution in [0.3, 0.4) is 0 Å². The number of aromatic nitrogens is 4. The molecule has 14 nitrogen and oxygen atoms in total. The molecule has 0 atom stereocenters. The number of ether oxygens (including phenoxy) is 2. The number of hydrogen-bond acceptors (Lipinski definition) is 10. The molecule has 2 aliphatic heterocycles. The molecule has 5 aromatic rings. The molecule has 2 N–H and O–H groups in total. The Morgan fingerprint density at radius 3 is 2.42 bits per heavy atom. The zero-order valence-corrected chi connectivity index (χ0v) is 31.5. The second-order valence-electron chi connectivity index (χ2n) is 14.7. The highest BCUT2D eigenvalue weighted by atomic mass is 19.4. The molecule has 8 rings (SSSR count). The lowest BCUT2D eigenvalue weighted by atomic mass is 9.85. The molecule has 0 spiro atoms. The molecule has 1 aliphatic carbocycles. The Balaban J connectivity index is 0.885. The van der Waals surface area contributed by atoms with Crippen LogP contribution in [0.4, 0.5) is 35.0 Å². The van der Waals surface area contributed by atoms with Crippen molar-refractivity contribution in [3.8, 4) is 11.5 Å². The van der Waals surface area contributed by atoms with E-state index in [9.17, 15) is 27.6 Å². The summed E-state index contributed by atoms with van der Waals surface area (Å²) >= 11 is 0. The number of pyridine rings is 2. The molecule has 298 valence electrons. The van der Waals surface area contributed by atoms with E-state index in [0.717, 1.165) is 98.1 Å². The summed E-state index contributed by atoms with van der Waals surface area (Å²) in [7, 11) is 3.11. The van der Waals surface area contributed by atoms with E-state index in [4.69, 9.17) is 14.6 Å². The van der Waals surface area contributed by atoms with E-state index in [1.165, 1.54) is 13.2 Å². The van der Waals surface area contributed by atoms with Crippen molar-refractivity contribution in [2.45, 2.75) is 44.3 Å².